The van der Waals surface area contributed by atoms with E-state index >= 15 is 0 Å². The maximum Gasteiger partial charge on any atom is -0.172 e. The van der Waals surface area contributed by atoms with Gasteiger partial charge in [0.05, 0.1) is 0 Å². The van der Waals surface area contributed by atoms with Crippen molar-refractivity contribution in [1.29, 1.82) is 0 Å². The molecule has 1 aromatic heterocycles. The smallest absolute Gasteiger partial charge is 0.172 e. The van der Waals surface area contributed by atoms with Crippen LogP contribution < -0.4 is 0 Å². The molecule has 5 rings (SSSR count). The van der Waals surface area contributed by atoms with Gasteiger partial charge in [-0.2, -0.15) is 18.2 Å². The summed E-state index contributed by atoms with van der Waals surface area (Å²) in [5.41, 5.74) is 3.99. The van der Waals surface area contributed by atoms with Crippen molar-refractivity contribution in [1.82, 2.24) is 4.57 Å². The van der Waals surface area contributed by atoms with Crippen LogP contribution in [0, 0.1) is 6.92 Å². The molecule has 0 bridgehead atoms. The second kappa shape index (κ2) is 9.04. The number of benzene rings is 2. The molecule has 130 valence electrons. The maximum absolute atomic E-state index is 4.93. The molecule has 0 saturated heterocycles. The van der Waals surface area contributed by atoms with Crippen molar-refractivity contribution in [3.8, 4) is 0 Å². The summed E-state index contributed by atoms with van der Waals surface area (Å²) < 4.78 is 2.31. The summed E-state index contributed by atoms with van der Waals surface area (Å²) in [6.45, 7) is 2.15. The van der Waals surface area contributed by atoms with Crippen LogP contribution in [0.3, 0.4) is 0 Å². The van der Waals surface area contributed by atoms with Gasteiger partial charge in [-0.1, -0.05) is 52.1 Å². The van der Waals surface area contributed by atoms with Gasteiger partial charge in [-0.25, -0.2) is 12.1 Å². The number of nitrogens with zero attached hydrogens (tertiary/aromatic N) is 1. The number of halogens is 2. The van der Waals surface area contributed by atoms with Crippen LogP contribution in [0.1, 0.15) is 5.56 Å². The molecule has 0 N–H and O–H groups in total. The summed E-state index contributed by atoms with van der Waals surface area (Å²) in [4.78, 5) is 0. The molecule has 1 nitrogen and oxygen atoms in total. The second-order valence-electron chi connectivity index (χ2n) is 6.11. The molecule has 0 aliphatic rings. The Bertz CT molecular complexity index is 1090. The molecular formula is C22H19Cl2NZr. The first kappa shape index (κ1) is 19.4. The molecule has 0 radical (unpaired) electrons. The Hall–Kier alpha value is -1.34. The third-order valence-electron chi connectivity index (χ3n) is 4.47. The summed E-state index contributed by atoms with van der Waals surface area (Å²) in [7, 11) is 12.0. The number of aryl methyl sites for hydroxylation is 2. The SMILES string of the molecule is Cc1ccc2c(c1)c1[cH-]c3ccccc3c1n2C.[Cl][Zr+2][Cl].c1cc[cH-]c1. The fourth-order valence-electron chi connectivity index (χ4n) is 3.37. The predicted molar refractivity (Wildman–Crippen MR) is 112 cm³/mol. The van der Waals surface area contributed by atoms with Gasteiger partial charge in [-0.3, -0.25) is 0 Å². The largest absolute Gasteiger partial charge is 0.214 e. The van der Waals surface area contributed by atoms with Crippen LogP contribution in [0.25, 0.3) is 32.6 Å². The van der Waals surface area contributed by atoms with E-state index in [-0.39, 0.29) is 0 Å². The molecule has 4 heteroatoms. The standard InChI is InChI=1S/C17H14N.C5H5.2ClH.Zr/c1-11-7-8-16-14(9-11)15-10-12-5-3-4-6-13(12)17(15)18(16)2;1-2-4-5-3-1;;;/h3-10H,1-2H3;1-5H;2*1H;/q2*-1;;;+4/p-2. The Kier molecular flexibility index (Phi) is 6.76. The van der Waals surface area contributed by atoms with Gasteiger partial charge in [0.1, 0.15) is 0 Å². The van der Waals surface area contributed by atoms with Crippen LogP contribution in [-0.2, 0) is 27.9 Å². The molecule has 4 aromatic carbocycles. The summed E-state index contributed by atoms with van der Waals surface area (Å²) in [6, 6.07) is 27.6. The van der Waals surface area contributed by atoms with Crippen molar-refractivity contribution in [3.63, 3.8) is 0 Å². The number of fused-ring (bicyclic) bond motifs is 5. The first-order valence-electron chi connectivity index (χ1n) is 8.33. The van der Waals surface area contributed by atoms with Gasteiger partial charge in [0.2, 0.25) is 0 Å². The van der Waals surface area contributed by atoms with E-state index in [0.29, 0.717) is 0 Å². The maximum atomic E-state index is 4.93. The average Bonchev–Trinajstić information content (AvgIpc) is 3.36. The normalized spacial score (nSPS) is 10.2. The molecular weight excluding hydrogens is 440 g/mol. The zero-order chi connectivity index (χ0) is 18.5. The Morgan fingerprint density at radius 2 is 1.62 bits per heavy atom. The van der Waals surface area contributed by atoms with Crippen LogP contribution >= 0.6 is 17.0 Å². The minimum atomic E-state index is -0.826. The fourth-order valence-corrected chi connectivity index (χ4v) is 3.37. The van der Waals surface area contributed by atoms with Crippen molar-refractivity contribution in [2.45, 2.75) is 6.92 Å². The Labute approximate surface area is 172 Å². The number of aromatic nitrogens is 1. The Morgan fingerprint density at radius 1 is 0.923 bits per heavy atom. The van der Waals surface area contributed by atoms with Gasteiger partial charge in [0.15, 0.2) is 0 Å². The summed E-state index contributed by atoms with van der Waals surface area (Å²) in [5, 5.41) is 5.42. The Morgan fingerprint density at radius 3 is 2.27 bits per heavy atom. The van der Waals surface area contributed by atoms with E-state index < -0.39 is 20.8 Å². The van der Waals surface area contributed by atoms with E-state index in [1.807, 2.05) is 30.3 Å². The molecule has 0 unspecified atom stereocenters. The van der Waals surface area contributed by atoms with Crippen LogP contribution in [0.4, 0.5) is 0 Å². The van der Waals surface area contributed by atoms with Crippen molar-refractivity contribution >= 4 is 49.6 Å². The van der Waals surface area contributed by atoms with E-state index in [1.165, 1.54) is 38.1 Å². The van der Waals surface area contributed by atoms with Gasteiger partial charge in [-0.15, -0.1) is 17.5 Å². The molecule has 0 fully saturated rings. The van der Waals surface area contributed by atoms with E-state index in [9.17, 15) is 0 Å². The number of rotatable bonds is 0. The van der Waals surface area contributed by atoms with E-state index in [2.05, 4.69) is 67.1 Å². The number of hydrogen-bond acceptors (Lipinski definition) is 0. The molecule has 0 aliphatic carbocycles. The molecule has 0 amide bonds. The quantitative estimate of drug-likeness (QED) is 0.214. The van der Waals surface area contributed by atoms with Crippen molar-refractivity contribution in [3.05, 3.63) is 84.4 Å². The van der Waals surface area contributed by atoms with Gasteiger partial charge in [0, 0.05) is 12.6 Å². The van der Waals surface area contributed by atoms with Crippen LogP contribution in [0.2, 0.25) is 0 Å². The third-order valence-corrected chi connectivity index (χ3v) is 4.47. The monoisotopic (exact) mass is 457 g/mol. The number of hydrogen-bond donors (Lipinski definition) is 0. The zero-order valence-electron chi connectivity index (χ0n) is 14.7. The minimum absolute atomic E-state index is 0.826. The zero-order valence-corrected chi connectivity index (χ0v) is 18.7. The van der Waals surface area contributed by atoms with Crippen LogP contribution in [-0.4, -0.2) is 4.57 Å². The molecule has 1 heterocycles. The summed E-state index contributed by atoms with van der Waals surface area (Å²) in [6.07, 6.45) is 0. The molecule has 0 saturated carbocycles. The van der Waals surface area contributed by atoms with Crippen LogP contribution in [0.15, 0.2) is 78.9 Å². The van der Waals surface area contributed by atoms with Gasteiger partial charge >= 0.3 is 37.9 Å². The summed E-state index contributed by atoms with van der Waals surface area (Å²) >= 11 is -0.826. The minimum Gasteiger partial charge on any atom is -0.214 e. The third kappa shape index (κ3) is 3.98. The fraction of sp³-hybridized carbons (Fsp3) is 0.0909. The molecule has 0 atom stereocenters. The van der Waals surface area contributed by atoms with Gasteiger partial charge in [0.25, 0.3) is 0 Å². The Balaban J connectivity index is 0.000000207. The van der Waals surface area contributed by atoms with E-state index in [4.69, 9.17) is 17.0 Å². The van der Waals surface area contributed by atoms with E-state index in [1.54, 1.807) is 0 Å². The average molecular weight is 460 g/mol. The summed E-state index contributed by atoms with van der Waals surface area (Å²) in [5.74, 6) is 0. The first-order valence-corrected chi connectivity index (χ1v) is 14.7. The molecule has 5 aromatic rings. The van der Waals surface area contributed by atoms with Crippen molar-refractivity contribution in [2.75, 3.05) is 0 Å². The molecule has 0 aliphatic heterocycles. The first-order chi connectivity index (χ1) is 12.7. The predicted octanol–water partition coefficient (Wildman–Crippen LogP) is 7.29. The van der Waals surface area contributed by atoms with E-state index in [0.717, 1.165) is 0 Å². The van der Waals surface area contributed by atoms with Crippen molar-refractivity contribution in [2.24, 2.45) is 7.05 Å². The molecule has 26 heavy (non-hydrogen) atoms. The van der Waals surface area contributed by atoms with Gasteiger partial charge in [-0.05, 0) is 18.5 Å². The van der Waals surface area contributed by atoms with Crippen LogP contribution in [0.5, 0.6) is 0 Å². The van der Waals surface area contributed by atoms with Gasteiger partial charge < -0.3 is 4.57 Å². The molecule has 0 spiro atoms. The van der Waals surface area contributed by atoms with Crippen molar-refractivity contribution < 1.29 is 20.8 Å². The topological polar surface area (TPSA) is 4.93 Å². The second-order valence-corrected chi connectivity index (χ2v) is 9.84.